The van der Waals surface area contributed by atoms with E-state index in [1.807, 2.05) is 58.5 Å². The van der Waals surface area contributed by atoms with E-state index in [1.165, 1.54) is 0 Å². The largest absolute Gasteiger partial charge is 0.374 e. The minimum Gasteiger partial charge on any atom is -0.374 e. The maximum Gasteiger partial charge on any atom is 0.241 e. The van der Waals surface area contributed by atoms with Crippen LogP contribution < -0.4 is 5.62 Å². The van der Waals surface area contributed by atoms with Crippen LogP contribution in [0.1, 0.15) is 5.56 Å². The lowest BCUT2D eigenvalue weighted by molar-refractivity contribution is 0.104. The molecule has 8 heteroatoms. The van der Waals surface area contributed by atoms with Crippen molar-refractivity contribution in [2.24, 2.45) is 22.5 Å². The number of hydrogen-bond donors (Lipinski definition) is 0. The lowest BCUT2D eigenvalue weighted by atomic mass is 10.2. The van der Waals surface area contributed by atoms with Gasteiger partial charge in [-0.2, -0.15) is 0 Å². The summed E-state index contributed by atoms with van der Waals surface area (Å²) in [7, 11) is 1.92. The Hall–Kier alpha value is -1.90. The van der Waals surface area contributed by atoms with Crippen molar-refractivity contribution in [1.29, 1.82) is 0 Å². The van der Waals surface area contributed by atoms with Gasteiger partial charge in [0.15, 0.2) is 0 Å². The fraction of sp³-hybridized carbons (Fsp3) is 0.400. The van der Waals surface area contributed by atoms with Gasteiger partial charge < -0.3 is 14.0 Å². The summed E-state index contributed by atoms with van der Waals surface area (Å²) in [6, 6.07) is 7.76. The van der Waals surface area contributed by atoms with Gasteiger partial charge in [-0.05, 0) is 34.9 Å². The third kappa shape index (κ3) is 4.54. The first-order valence-electron chi connectivity index (χ1n) is 7.28. The van der Waals surface area contributed by atoms with Crippen LogP contribution in [0.15, 0.2) is 52.1 Å². The van der Waals surface area contributed by atoms with Gasteiger partial charge in [-0.3, -0.25) is 3.97 Å². The molecule has 23 heavy (non-hydrogen) atoms. The molecular formula is C15H19N5O2S. The second-order valence-electron chi connectivity index (χ2n) is 5.14. The SMILES string of the molecule is CSn1ccn(C)/c1=N\N=N\c1ccc(COCC2CO2)cc1. The Bertz CT molecular complexity index is 731. The number of aryl methyl sites for hydroxylation is 1. The van der Waals surface area contributed by atoms with Crippen LogP contribution in [-0.4, -0.2) is 34.1 Å². The van der Waals surface area contributed by atoms with Gasteiger partial charge >= 0.3 is 0 Å². The van der Waals surface area contributed by atoms with E-state index in [9.17, 15) is 0 Å². The van der Waals surface area contributed by atoms with E-state index in [4.69, 9.17) is 9.47 Å². The van der Waals surface area contributed by atoms with Crippen molar-refractivity contribution < 1.29 is 9.47 Å². The van der Waals surface area contributed by atoms with Gasteiger partial charge in [0.2, 0.25) is 5.62 Å². The van der Waals surface area contributed by atoms with E-state index >= 15 is 0 Å². The van der Waals surface area contributed by atoms with Crippen LogP contribution in [0.2, 0.25) is 0 Å². The van der Waals surface area contributed by atoms with Crippen molar-refractivity contribution in [3.63, 3.8) is 0 Å². The van der Waals surface area contributed by atoms with Crippen molar-refractivity contribution in [1.82, 2.24) is 8.54 Å². The fourth-order valence-corrected chi connectivity index (χ4v) is 2.46. The first kappa shape index (κ1) is 16.0. The molecule has 7 nitrogen and oxygen atoms in total. The third-order valence-corrected chi connectivity index (χ3v) is 4.02. The van der Waals surface area contributed by atoms with Crippen LogP contribution in [-0.2, 0) is 23.1 Å². The van der Waals surface area contributed by atoms with Crippen molar-refractivity contribution >= 4 is 17.6 Å². The second-order valence-corrected chi connectivity index (χ2v) is 5.90. The van der Waals surface area contributed by atoms with E-state index in [0.29, 0.717) is 19.3 Å². The molecule has 1 saturated heterocycles. The summed E-state index contributed by atoms with van der Waals surface area (Å²) < 4.78 is 14.5. The lowest BCUT2D eigenvalue weighted by Crippen LogP contribution is -2.19. The average Bonchev–Trinajstić information content (AvgIpc) is 3.32. The molecule has 0 N–H and O–H groups in total. The molecule has 3 rings (SSSR count). The second kappa shape index (κ2) is 7.58. The summed E-state index contributed by atoms with van der Waals surface area (Å²) in [6.45, 7) is 2.06. The minimum absolute atomic E-state index is 0.297. The van der Waals surface area contributed by atoms with Crippen molar-refractivity contribution in [2.45, 2.75) is 12.7 Å². The first-order valence-corrected chi connectivity index (χ1v) is 8.46. The highest BCUT2D eigenvalue weighted by molar-refractivity contribution is 7.97. The van der Waals surface area contributed by atoms with Gasteiger partial charge in [-0.15, -0.1) is 5.11 Å². The number of benzene rings is 1. The van der Waals surface area contributed by atoms with E-state index in [1.54, 1.807) is 11.9 Å². The van der Waals surface area contributed by atoms with E-state index in [0.717, 1.165) is 23.5 Å². The molecule has 0 aliphatic carbocycles. The molecule has 0 radical (unpaired) electrons. The number of epoxide rings is 1. The summed E-state index contributed by atoms with van der Waals surface area (Å²) in [5, 5.41) is 12.2. The molecule has 2 aromatic rings. The minimum atomic E-state index is 0.297. The Morgan fingerprint density at radius 3 is 2.78 bits per heavy atom. The third-order valence-electron chi connectivity index (χ3n) is 3.34. The zero-order chi connectivity index (χ0) is 16.1. The molecule has 1 aliphatic rings. The summed E-state index contributed by atoms with van der Waals surface area (Å²) in [6.07, 6.45) is 6.13. The number of ether oxygens (including phenoxy) is 2. The molecule has 1 atom stereocenters. The molecule has 1 fully saturated rings. The maximum atomic E-state index is 5.55. The van der Waals surface area contributed by atoms with Crippen LogP contribution in [0, 0.1) is 0 Å². The Kier molecular flexibility index (Phi) is 5.27. The summed E-state index contributed by atoms with van der Waals surface area (Å²) in [5.41, 5.74) is 2.59. The molecule has 1 aromatic heterocycles. The quantitative estimate of drug-likeness (QED) is 0.444. The van der Waals surface area contributed by atoms with Gasteiger partial charge in [0.05, 0.1) is 25.5 Å². The molecule has 1 aromatic carbocycles. The van der Waals surface area contributed by atoms with Gasteiger partial charge in [0, 0.05) is 25.7 Å². The predicted molar refractivity (Wildman–Crippen MR) is 88.2 cm³/mol. The highest BCUT2D eigenvalue weighted by atomic mass is 32.2. The Morgan fingerprint density at radius 1 is 1.30 bits per heavy atom. The number of nitrogens with zero attached hydrogens (tertiary/aromatic N) is 5. The molecule has 1 aliphatic heterocycles. The van der Waals surface area contributed by atoms with Gasteiger partial charge in [-0.25, -0.2) is 0 Å². The molecule has 122 valence electrons. The monoisotopic (exact) mass is 333 g/mol. The van der Waals surface area contributed by atoms with Crippen LogP contribution in [0.3, 0.4) is 0 Å². The summed E-state index contributed by atoms with van der Waals surface area (Å²) in [4.78, 5) is 0. The average molecular weight is 333 g/mol. The lowest BCUT2D eigenvalue weighted by Gasteiger charge is -2.02. The van der Waals surface area contributed by atoms with E-state index < -0.39 is 0 Å². The Morgan fingerprint density at radius 2 is 2.09 bits per heavy atom. The number of rotatable bonds is 7. The molecule has 2 heterocycles. The number of imidazole rings is 1. The highest BCUT2D eigenvalue weighted by Crippen LogP contribution is 2.15. The van der Waals surface area contributed by atoms with Crippen LogP contribution in [0.25, 0.3) is 0 Å². The van der Waals surface area contributed by atoms with Gasteiger partial charge in [0.25, 0.3) is 0 Å². The number of aromatic nitrogens is 2. The van der Waals surface area contributed by atoms with Crippen LogP contribution >= 0.6 is 11.9 Å². The number of hydrogen-bond acceptors (Lipinski definition) is 5. The normalized spacial score (nSPS) is 18.0. The van der Waals surface area contributed by atoms with Crippen molar-refractivity contribution in [3.05, 3.63) is 47.8 Å². The molecule has 0 saturated carbocycles. The molecular weight excluding hydrogens is 314 g/mol. The van der Waals surface area contributed by atoms with Crippen molar-refractivity contribution in [3.8, 4) is 0 Å². The molecule has 0 bridgehead atoms. The zero-order valence-corrected chi connectivity index (χ0v) is 13.9. The molecule has 0 amide bonds. The predicted octanol–water partition coefficient (Wildman–Crippen LogP) is 2.47. The van der Waals surface area contributed by atoms with E-state index in [2.05, 4.69) is 15.4 Å². The fourth-order valence-electron chi connectivity index (χ4n) is 1.95. The molecule has 1 unspecified atom stereocenters. The molecule has 0 spiro atoms. The first-order chi connectivity index (χ1) is 11.3. The Balaban J connectivity index is 1.59. The Labute approximate surface area is 138 Å². The van der Waals surface area contributed by atoms with E-state index in [-0.39, 0.29) is 0 Å². The topological polar surface area (TPSA) is 68.7 Å². The summed E-state index contributed by atoms with van der Waals surface area (Å²) >= 11 is 1.56. The standard InChI is InChI=1S/C15H19N5O2S/c1-19-7-8-20(23-2)15(19)17-18-16-13-5-3-12(4-6-13)9-21-10-14-11-22-14/h3-8,14H,9-11H2,1-2H3/b17-15+,18-16+. The van der Waals surface area contributed by atoms with Crippen LogP contribution in [0.5, 0.6) is 0 Å². The van der Waals surface area contributed by atoms with Crippen molar-refractivity contribution in [2.75, 3.05) is 19.5 Å². The zero-order valence-electron chi connectivity index (χ0n) is 13.1. The smallest absolute Gasteiger partial charge is 0.241 e. The van der Waals surface area contributed by atoms with Gasteiger partial charge in [-0.1, -0.05) is 17.2 Å². The maximum absolute atomic E-state index is 5.55. The summed E-state index contributed by atoms with van der Waals surface area (Å²) in [5.74, 6) is 0. The van der Waals surface area contributed by atoms with Gasteiger partial charge in [0.1, 0.15) is 6.10 Å². The highest BCUT2D eigenvalue weighted by Gasteiger charge is 2.22. The van der Waals surface area contributed by atoms with Crippen LogP contribution in [0.4, 0.5) is 5.69 Å².